The average Bonchev–Trinajstić information content (AvgIpc) is 2.92. The molecule has 2 N–H and O–H groups in total. The van der Waals surface area contributed by atoms with Gasteiger partial charge in [0.1, 0.15) is 6.54 Å². The van der Waals surface area contributed by atoms with E-state index in [9.17, 15) is 14.4 Å². The zero-order valence-corrected chi connectivity index (χ0v) is 18.4. The molecule has 1 aliphatic heterocycles. The summed E-state index contributed by atoms with van der Waals surface area (Å²) in [4.78, 5) is 39.7. The number of hydrogen-bond acceptors (Lipinski definition) is 4. The van der Waals surface area contributed by atoms with Crippen LogP contribution in [0, 0.1) is 0 Å². The number of carbonyl (C=O) groups excluding carboxylic acids is 3. The Morgan fingerprint density at radius 3 is 2.22 bits per heavy atom. The van der Waals surface area contributed by atoms with Gasteiger partial charge in [-0.15, -0.1) is 11.8 Å². The molecular weight excluding hydrogens is 422 g/mol. The molecule has 1 heterocycles. The summed E-state index contributed by atoms with van der Waals surface area (Å²) in [5.74, 6) is -0.539. The number of nitrogens with zero attached hydrogens (tertiary/aromatic N) is 1. The zero-order chi connectivity index (χ0) is 22.5. The molecule has 0 saturated heterocycles. The minimum Gasteiger partial charge on any atom is -0.326 e. The predicted octanol–water partition coefficient (Wildman–Crippen LogP) is 4.85. The van der Waals surface area contributed by atoms with E-state index in [1.54, 1.807) is 40.9 Å². The third-order valence-corrected chi connectivity index (χ3v) is 6.37. The van der Waals surface area contributed by atoms with Crippen LogP contribution in [0.4, 0.5) is 17.1 Å². The molecular formula is C25H23N3O3S. The molecule has 3 aromatic carbocycles. The molecule has 3 amide bonds. The Labute approximate surface area is 191 Å². The summed E-state index contributed by atoms with van der Waals surface area (Å²) in [5, 5.41) is 5.50. The first kappa shape index (κ1) is 21.6. The quantitative estimate of drug-likeness (QED) is 0.588. The first-order chi connectivity index (χ1) is 15.5. The lowest BCUT2D eigenvalue weighted by molar-refractivity contribution is -0.121. The van der Waals surface area contributed by atoms with Crippen molar-refractivity contribution in [3.8, 4) is 0 Å². The van der Waals surface area contributed by atoms with E-state index in [4.69, 9.17) is 0 Å². The van der Waals surface area contributed by atoms with Gasteiger partial charge in [-0.05, 0) is 42.0 Å². The molecule has 0 aliphatic carbocycles. The minimum atomic E-state index is -0.288. The Kier molecular flexibility index (Phi) is 6.56. The molecule has 0 bridgehead atoms. The summed E-state index contributed by atoms with van der Waals surface area (Å²) in [6, 6.07) is 24.5. The van der Waals surface area contributed by atoms with Crippen LogP contribution in [0.15, 0.2) is 83.8 Å². The molecule has 32 heavy (non-hydrogen) atoms. The Bertz CT molecular complexity index is 1130. The second kappa shape index (κ2) is 9.70. The fourth-order valence-electron chi connectivity index (χ4n) is 3.59. The fraction of sp³-hybridized carbons (Fsp3) is 0.160. The molecule has 0 radical (unpaired) electrons. The fourth-order valence-corrected chi connectivity index (χ4v) is 4.87. The van der Waals surface area contributed by atoms with Gasteiger partial charge in [0.15, 0.2) is 0 Å². The van der Waals surface area contributed by atoms with Crippen LogP contribution in [0.2, 0.25) is 0 Å². The number of thioether (sulfide) groups is 1. The van der Waals surface area contributed by atoms with Crippen LogP contribution in [-0.2, 0) is 14.4 Å². The number of para-hydroxylation sites is 1. The van der Waals surface area contributed by atoms with E-state index < -0.39 is 0 Å². The number of nitrogens with one attached hydrogen (secondary N) is 2. The molecule has 6 nitrogen and oxygen atoms in total. The van der Waals surface area contributed by atoms with Crippen LogP contribution in [0.5, 0.6) is 0 Å². The summed E-state index contributed by atoms with van der Waals surface area (Å²) in [7, 11) is 0. The predicted molar refractivity (Wildman–Crippen MR) is 128 cm³/mol. The number of anilines is 3. The van der Waals surface area contributed by atoms with E-state index in [1.807, 2.05) is 54.6 Å². The van der Waals surface area contributed by atoms with Gasteiger partial charge in [-0.1, -0.05) is 42.5 Å². The molecule has 4 rings (SSSR count). The molecule has 162 valence electrons. The van der Waals surface area contributed by atoms with Crippen molar-refractivity contribution in [1.29, 1.82) is 0 Å². The van der Waals surface area contributed by atoms with Crippen molar-refractivity contribution in [2.75, 3.05) is 22.1 Å². The normalized spacial score (nSPS) is 15.5. The highest BCUT2D eigenvalue weighted by Gasteiger charge is 2.30. The van der Waals surface area contributed by atoms with Crippen molar-refractivity contribution in [3.63, 3.8) is 0 Å². The van der Waals surface area contributed by atoms with Crippen molar-refractivity contribution >= 4 is 46.5 Å². The van der Waals surface area contributed by atoms with E-state index in [0.29, 0.717) is 17.8 Å². The molecule has 0 unspecified atom stereocenters. The first-order valence-corrected chi connectivity index (χ1v) is 11.2. The maximum absolute atomic E-state index is 13.2. The van der Waals surface area contributed by atoms with Gasteiger partial charge < -0.3 is 15.5 Å². The maximum Gasteiger partial charge on any atom is 0.244 e. The van der Waals surface area contributed by atoms with Crippen molar-refractivity contribution in [3.05, 3.63) is 84.4 Å². The topological polar surface area (TPSA) is 78.5 Å². The number of rotatable bonds is 5. The SMILES string of the molecule is CC(=O)Nc1ccc(NC(=O)CN2C(=O)C[C@H](c3ccccc3)Sc3ccccc32)cc1. The van der Waals surface area contributed by atoms with Gasteiger partial charge in [-0.2, -0.15) is 0 Å². The van der Waals surface area contributed by atoms with E-state index in [-0.39, 0.29) is 29.5 Å². The number of benzene rings is 3. The zero-order valence-electron chi connectivity index (χ0n) is 17.6. The van der Waals surface area contributed by atoms with Crippen molar-refractivity contribution in [2.45, 2.75) is 23.5 Å². The molecule has 3 aromatic rings. The van der Waals surface area contributed by atoms with Gasteiger partial charge >= 0.3 is 0 Å². The molecule has 1 aliphatic rings. The lowest BCUT2D eigenvalue weighted by Gasteiger charge is -2.22. The standard InChI is InChI=1S/C25H23N3O3S/c1-17(29)26-19-11-13-20(14-12-19)27-24(30)16-28-21-9-5-6-10-22(21)32-23(15-25(28)31)18-7-3-2-4-8-18/h2-14,23H,15-16H2,1H3,(H,26,29)(H,27,30)/t23-/m1/s1. The Balaban J connectivity index is 1.51. The summed E-state index contributed by atoms with van der Waals surface area (Å²) >= 11 is 1.65. The number of fused-ring (bicyclic) bond motifs is 1. The highest BCUT2D eigenvalue weighted by Crippen LogP contribution is 2.45. The monoisotopic (exact) mass is 445 g/mol. The highest BCUT2D eigenvalue weighted by molar-refractivity contribution is 7.99. The second-order valence-electron chi connectivity index (χ2n) is 7.48. The van der Waals surface area contributed by atoms with E-state index in [1.165, 1.54) is 6.92 Å². The van der Waals surface area contributed by atoms with Crippen molar-refractivity contribution in [1.82, 2.24) is 0 Å². The third-order valence-electron chi connectivity index (χ3n) is 5.05. The third kappa shape index (κ3) is 5.18. The Morgan fingerprint density at radius 1 is 0.906 bits per heavy atom. The smallest absolute Gasteiger partial charge is 0.244 e. The van der Waals surface area contributed by atoms with Crippen molar-refractivity contribution < 1.29 is 14.4 Å². The minimum absolute atomic E-state index is 0.0146. The second-order valence-corrected chi connectivity index (χ2v) is 8.72. The lowest BCUT2D eigenvalue weighted by atomic mass is 10.1. The van der Waals surface area contributed by atoms with Crippen LogP contribution in [0.3, 0.4) is 0 Å². The van der Waals surface area contributed by atoms with Crippen molar-refractivity contribution in [2.24, 2.45) is 0 Å². The van der Waals surface area contributed by atoms with Gasteiger partial charge in [-0.3, -0.25) is 14.4 Å². The largest absolute Gasteiger partial charge is 0.326 e. The first-order valence-electron chi connectivity index (χ1n) is 10.3. The van der Waals surface area contributed by atoms with Crippen LogP contribution < -0.4 is 15.5 Å². The summed E-state index contributed by atoms with van der Waals surface area (Å²) in [5.41, 5.74) is 3.08. The number of hydrogen-bond donors (Lipinski definition) is 2. The Hall–Kier alpha value is -3.58. The molecule has 0 saturated carbocycles. The maximum atomic E-state index is 13.2. The van der Waals surface area contributed by atoms with Crippen LogP contribution in [0.25, 0.3) is 0 Å². The summed E-state index contributed by atoms with van der Waals surface area (Å²) < 4.78 is 0. The lowest BCUT2D eigenvalue weighted by Crippen LogP contribution is -2.38. The van der Waals surface area contributed by atoms with Gasteiger partial charge in [0.2, 0.25) is 17.7 Å². The number of carbonyl (C=O) groups is 3. The van der Waals surface area contributed by atoms with Crippen LogP contribution in [-0.4, -0.2) is 24.3 Å². The molecule has 0 spiro atoms. The highest BCUT2D eigenvalue weighted by atomic mass is 32.2. The van der Waals surface area contributed by atoms with Gasteiger partial charge in [0, 0.05) is 34.9 Å². The van der Waals surface area contributed by atoms with Gasteiger partial charge in [0.05, 0.1) is 5.69 Å². The average molecular weight is 446 g/mol. The van der Waals surface area contributed by atoms with Crippen LogP contribution in [0.1, 0.15) is 24.2 Å². The van der Waals surface area contributed by atoms with E-state index in [2.05, 4.69) is 10.6 Å². The van der Waals surface area contributed by atoms with E-state index in [0.717, 1.165) is 16.1 Å². The van der Waals surface area contributed by atoms with Gasteiger partial charge in [0.25, 0.3) is 0 Å². The van der Waals surface area contributed by atoms with E-state index >= 15 is 0 Å². The van der Waals surface area contributed by atoms with Gasteiger partial charge in [-0.25, -0.2) is 0 Å². The van der Waals surface area contributed by atoms with Crippen LogP contribution >= 0.6 is 11.8 Å². The molecule has 7 heteroatoms. The molecule has 1 atom stereocenters. The molecule has 0 fully saturated rings. The number of amides is 3. The summed E-state index contributed by atoms with van der Waals surface area (Å²) in [6.45, 7) is 1.36. The summed E-state index contributed by atoms with van der Waals surface area (Å²) in [6.07, 6.45) is 0.308. The molecule has 0 aromatic heterocycles. The Morgan fingerprint density at radius 2 is 1.53 bits per heavy atom.